The predicted molar refractivity (Wildman–Crippen MR) is 191 cm³/mol. The number of hydrogen-bond acceptors (Lipinski definition) is 7. The molecule has 0 radical (unpaired) electrons. The average molecular weight is 746 g/mol. The molecule has 3 fully saturated rings. The first kappa shape index (κ1) is 39.3. The second-order valence-corrected chi connectivity index (χ2v) is 17.2. The molecule has 4 atom stereocenters. The molecule has 0 aromatic heterocycles. The van der Waals surface area contributed by atoms with Gasteiger partial charge in [-0.15, -0.1) is 0 Å². The van der Waals surface area contributed by atoms with Crippen molar-refractivity contribution in [3.05, 3.63) is 59.9 Å². The van der Waals surface area contributed by atoms with Gasteiger partial charge in [0.2, 0.25) is 0 Å². The first-order valence-corrected chi connectivity index (χ1v) is 19.7. The van der Waals surface area contributed by atoms with Gasteiger partial charge in [0.15, 0.2) is 6.04 Å². The molecular formula is C38H51F2N4O7S+. The Morgan fingerprint density at radius 3 is 2.17 bits per heavy atom. The van der Waals surface area contributed by atoms with Crippen molar-refractivity contribution >= 4 is 39.5 Å². The number of amides is 4. The fourth-order valence-electron chi connectivity index (χ4n) is 8.73. The molecule has 4 amide bonds. The highest BCUT2D eigenvalue weighted by Gasteiger charge is 2.60. The summed E-state index contributed by atoms with van der Waals surface area (Å²) in [5.74, 6) is -4.04. The molecule has 2 aromatic rings. The molecule has 52 heavy (non-hydrogen) atoms. The third-order valence-corrected chi connectivity index (χ3v) is 12.5. The number of likely N-dealkylation sites (tertiary alicyclic amines) is 1. The fraction of sp³-hybridized carbons (Fsp3) is 0.579. The monoisotopic (exact) mass is 745 g/mol. The van der Waals surface area contributed by atoms with Gasteiger partial charge in [-0.3, -0.25) is 9.59 Å². The van der Waals surface area contributed by atoms with Crippen molar-refractivity contribution in [1.29, 1.82) is 0 Å². The predicted octanol–water partition coefficient (Wildman–Crippen LogP) is 5.90. The van der Waals surface area contributed by atoms with Crippen LogP contribution in [0.4, 0.5) is 19.3 Å². The van der Waals surface area contributed by atoms with E-state index in [2.05, 4.69) is 5.32 Å². The van der Waals surface area contributed by atoms with E-state index < -0.39 is 74.1 Å². The highest BCUT2D eigenvalue weighted by Crippen LogP contribution is 2.47. The Labute approximate surface area is 304 Å². The number of primary amides is 1. The van der Waals surface area contributed by atoms with Crippen LogP contribution in [0.3, 0.4) is 0 Å². The number of benzene rings is 2. The number of alkyl halides is 1. The van der Waals surface area contributed by atoms with Crippen LogP contribution in [0.2, 0.25) is 0 Å². The zero-order valence-electron chi connectivity index (χ0n) is 30.1. The molecule has 3 aliphatic rings. The van der Waals surface area contributed by atoms with E-state index in [0.717, 1.165) is 44.2 Å². The number of carbonyl (C=O) groups excluding carboxylic acids is 4. The van der Waals surface area contributed by atoms with Crippen LogP contribution < -0.4 is 20.3 Å². The number of rotatable bonds is 10. The van der Waals surface area contributed by atoms with Crippen molar-refractivity contribution in [1.82, 2.24) is 14.5 Å². The summed E-state index contributed by atoms with van der Waals surface area (Å²) in [5.41, 5.74) is 5.04. The lowest BCUT2D eigenvalue weighted by molar-refractivity contribution is -0.142. The second-order valence-electron chi connectivity index (χ2n) is 15.6. The molecule has 2 aromatic carbocycles. The van der Waals surface area contributed by atoms with Gasteiger partial charge in [-0.05, 0) is 89.3 Å². The molecular weight excluding hydrogens is 695 g/mol. The highest BCUT2D eigenvalue weighted by atomic mass is 32.2. The number of nitrogens with zero attached hydrogens (tertiary/aromatic N) is 1. The van der Waals surface area contributed by atoms with E-state index in [1.54, 1.807) is 26.8 Å². The van der Waals surface area contributed by atoms with Gasteiger partial charge >= 0.3 is 12.0 Å². The average Bonchev–Trinajstić information content (AvgIpc) is 3.52. The summed E-state index contributed by atoms with van der Waals surface area (Å²) in [6.07, 6.45) is 6.25. The molecule has 14 heteroatoms. The lowest BCUT2D eigenvalue weighted by Crippen LogP contribution is -2.65. The fourth-order valence-corrected chi connectivity index (χ4v) is 9.72. The Bertz CT molecular complexity index is 1740. The van der Waals surface area contributed by atoms with E-state index in [4.69, 9.17) is 10.5 Å². The van der Waals surface area contributed by atoms with Gasteiger partial charge in [-0.2, -0.15) is 0 Å². The Balaban J connectivity index is 1.44. The van der Waals surface area contributed by atoms with Gasteiger partial charge in [-0.25, -0.2) is 36.0 Å². The lowest BCUT2D eigenvalue weighted by Gasteiger charge is -2.42. The van der Waals surface area contributed by atoms with Crippen LogP contribution in [0.5, 0.6) is 0 Å². The van der Waals surface area contributed by atoms with Crippen molar-refractivity contribution in [3.63, 3.8) is 0 Å². The summed E-state index contributed by atoms with van der Waals surface area (Å²) in [5, 5.41) is 2.64. The van der Waals surface area contributed by atoms with Crippen LogP contribution in [-0.2, 0) is 24.3 Å². The maximum Gasteiger partial charge on any atom is 0.407 e. The maximum absolute atomic E-state index is 16.0. The number of carbonyl (C=O) groups is 4. The van der Waals surface area contributed by atoms with Crippen molar-refractivity contribution in [2.24, 2.45) is 29.4 Å². The molecule has 1 unspecified atom stereocenters. The number of ether oxygens (including phenoxy) is 1. The van der Waals surface area contributed by atoms with E-state index in [0.29, 0.717) is 32.1 Å². The molecule has 1 heterocycles. The van der Waals surface area contributed by atoms with Crippen LogP contribution in [0.15, 0.2) is 53.4 Å². The minimum atomic E-state index is -4.30. The van der Waals surface area contributed by atoms with Gasteiger partial charge < -0.3 is 15.8 Å². The second kappa shape index (κ2) is 16.0. The molecule has 11 nitrogen and oxygen atoms in total. The van der Waals surface area contributed by atoms with Gasteiger partial charge in [0.1, 0.15) is 23.8 Å². The normalized spacial score (nSPS) is 26.2. The number of nitrogens with one attached hydrogen (secondary N) is 2. The molecule has 2 aliphatic carbocycles. The van der Waals surface area contributed by atoms with E-state index in [1.807, 2.05) is 4.72 Å². The van der Waals surface area contributed by atoms with E-state index in [9.17, 15) is 32.0 Å². The van der Waals surface area contributed by atoms with E-state index >= 15 is 4.39 Å². The minimum absolute atomic E-state index is 0.164. The van der Waals surface area contributed by atoms with Gasteiger partial charge in [0.25, 0.3) is 21.8 Å². The van der Waals surface area contributed by atoms with Crippen LogP contribution in [0.1, 0.15) is 95.3 Å². The van der Waals surface area contributed by atoms with Gasteiger partial charge in [-0.1, -0.05) is 37.5 Å². The summed E-state index contributed by atoms with van der Waals surface area (Å²) in [4.78, 5) is 53.8. The zero-order valence-corrected chi connectivity index (χ0v) is 30.9. The van der Waals surface area contributed by atoms with Crippen molar-refractivity contribution in [2.75, 3.05) is 13.2 Å². The standard InChI is InChI=1S/C38H50F2N4O7S/c1-38(2,3)51-37(48)42-32(23-39)25-14-16-26(17-15-25)36(47)44(21-20-29(33(44)34(41)45)24-10-6-4-7-11-24)27-18-19-30(31(40)22-27)35(46)43-52(49,50)28-12-8-5-9-13-28/h5,8-9,12-13,18-19,22,24-26,29,32-33H,4,6-7,10-11,14-17,20-21,23H2,1-3H3,(H3-,41,42,43,45,46,48)/p+1/t25?,26?,29-,32+,33-,44?/m0/s1. The largest absolute Gasteiger partial charge is 0.444 e. The molecule has 2 saturated carbocycles. The summed E-state index contributed by atoms with van der Waals surface area (Å²) in [6.45, 7) is 4.55. The molecule has 5 rings (SSSR count). The topological polar surface area (TPSA) is 162 Å². The molecule has 1 aliphatic heterocycles. The van der Waals surface area contributed by atoms with E-state index in [-0.39, 0.29) is 40.8 Å². The SMILES string of the molecule is CC(C)(C)OC(=O)N[C@H](CF)C1CCC(C(=O)[N+]2(c3ccc(C(=O)NS(=O)(=O)c4ccccc4)c(F)c3)CC[C@@H](C3CCCCC3)[C@H]2C(N)=O)CC1. The molecule has 0 spiro atoms. The number of halogens is 2. The van der Waals surface area contributed by atoms with Crippen LogP contribution in [0, 0.1) is 29.5 Å². The number of sulfonamides is 1. The van der Waals surface area contributed by atoms with Crippen LogP contribution in [0.25, 0.3) is 0 Å². The van der Waals surface area contributed by atoms with Crippen molar-refractivity contribution < 1.29 is 41.1 Å². The van der Waals surface area contributed by atoms with Crippen molar-refractivity contribution in [3.8, 4) is 0 Å². The Hall–Kier alpha value is -3.91. The Morgan fingerprint density at radius 2 is 1.60 bits per heavy atom. The number of alkyl carbamates (subject to hydrolysis) is 1. The first-order chi connectivity index (χ1) is 24.6. The van der Waals surface area contributed by atoms with Crippen molar-refractivity contribution in [2.45, 2.75) is 108 Å². The third kappa shape index (κ3) is 8.48. The molecule has 4 N–H and O–H groups in total. The first-order valence-electron chi connectivity index (χ1n) is 18.3. The van der Waals surface area contributed by atoms with Gasteiger partial charge in [0, 0.05) is 24.5 Å². The number of quaternary nitrogens is 1. The number of nitrogens with two attached hydrogens (primary N) is 1. The van der Waals surface area contributed by atoms with Gasteiger partial charge in [0.05, 0.1) is 29.0 Å². The van der Waals surface area contributed by atoms with Crippen LogP contribution in [-0.4, -0.2) is 63.1 Å². The molecule has 284 valence electrons. The Morgan fingerprint density at radius 1 is 0.942 bits per heavy atom. The van der Waals surface area contributed by atoms with Crippen LogP contribution >= 0.6 is 0 Å². The Kier molecular flexibility index (Phi) is 12.1. The third-order valence-electron chi connectivity index (χ3n) is 11.1. The van der Waals surface area contributed by atoms with E-state index in [1.165, 1.54) is 30.3 Å². The zero-order chi connectivity index (χ0) is 37.8. The summed E-state index contributed by atoms with van der Waals surface area (Å²) in [7, 11) is -4.30. The maximum atomic E-state index is 16.0. The molecule has 1 saturated heterocycles. The number of hydrogen-bond donors (Lipinski definition) is 3. The molecule has 0 bridgehead atoms. The quantitative estimate of drug-likeness (QED) is 0.255. The smallest absolute Gasteiger partial charge is 0.407 e. The minimum Gasteiger partial charge on any atom is -0.444 e. The highest BCUT2D eigenvalue weighted by molar-refractivity contribution is 7.90. The summed E-state index contributed by atoms with van der Waals surface area (Å²) < 4.78 is 62.5. The summed E-state index contributed by atoms with van der Waals surface area (Å²) >= 11 is 0. The summed E-state index contributed by atoms with van der Waals surface area (Å²) in [6, 6.07) is 9.05. The lowest BCUT2D eigenvalue weighted by atomic mass is 9.75.